The van der Waals surface area contributed by atoms with Crippen LogP contribution in [-0.4, -0.2) is 25.3 Å². The van der Waals surface area contributed by atoms with Gasteiger partial charge in [-0.2, -0.15) is 0 Å². The van der Waals surface area contributed by atoms with Crippen molar-refractivity contribution in [2.75, 3.05) is 13.2 Å². The molecule has 2 fully saturated rings. The van der Waals surface area contributed by atoms with Crippen LogP contribution in [0, 0.1) is 5.92 Å². The van der Waals surface area contributed by atoms with E-state index in [1.807, 2.05) is 0 Å². The molecule has 0 aromatic heterocycles. The van der Waals surface area contributed by atoms with Crippen LogP contribution in [-0.2, 0) is 4.74 Å². The molecular formula is C15H29NO. The first kappa shape index (κ1) is 13.4. The third kappa shape index (κ3) is 4.26. The van der Waals surface area contributed by atoms with Crippen LogP contribution in [0.4, 0.5) is 0 Å². The number of hydrogen-bond donors (Lipinski definition) is 1. The molecule has 2 rings (SSSR count). The summed E-state index contributed by atoms with van der Waals surface area (Å²) in [7, 11) is 0. The Morgan fingerprint density at radius 1 is 1.06 bits per heavy atom. The maximum atomic E-state index is 5.74. The third-order valence-corrected chi connectivity index (χ3v) is 4.45. The Morgan fingerprint density at radius 3 is 2.71 bits per heavy atom. The van der Waals surface area contributed by atoms with Crippen molar-refractivity contribution in [3.63, 3.8) is 0 Å². The molecule has 2 aliphatic rings. The van der Waals surface area contributed by atoms with Gasteiger partial charge in [-0.05, 0) is 57.4 Å². The molecular weight excluding hydrogens is 210 g/mol. The van der Waals surface area contributed by atoms with E-state index in [0.29, 0.717) is 6.10 Å². The average Bonchev–Trinajstić information content (AvgIpc) is 2.88. The molecule has 1 N–H and O–H groups in total. The summed E-state index contributed by atoms with van der Waals surface area (Å²) < 4.78 is 5.74. The van der Waals surface area contributed by atoms with Gasteiger partial charge in [0.15, 0.2) is 0 Å². The Hall–Kier alpha value is -0.0800. The van der Waals surface area contributed by atoms with Crippen LogP contribution in [0.25, 0.3) is 0 Å². The van der Waals surface area contributed by atoms with Crippen molar-refractivity contribution >= 4 is 0 Å². The van der Waals surface area contributed by atoms with E-state index >= 15 is 0 Å². The van der Waals surface area contributed by atoms with Crippen molar-refractivity contribution in [2.24, 2.45) is 5.92 Å². The molecule has 0 radical (unpaired) electrons. The van der Waals surface area contributed by atoms with Gasteiger partial charge in [-0.15, -0.1) is 0 Å². The molecule has 100 valence electrons. The summed E-state index contributed by atoms with van der Waals surface area (Å²) in [5.41, 5.74) is 0. The standard InChI is InChI=1S/C15H29NO/c1-2-11-16-15-8-4-3-6-13(15)9-10-14-7-5-12-17-14/h13-16H,2-12H2,1H3. The van der Waals surface area contributed by atoms with Crippen molar-refractivity contribution in [1.82, 2.24) is 5.32 Å². The molecule has 2 nitrogen and oxygen atoms in total. The molecule has 1 aliphatic heterocycles. The molecule has 0 bridgehead atoms. The van der Waals surface area contributed by atoms with Crippen LogP contribution < -0.4 is 5.32 Å². The lowest BCUT2D eigenvalue weighted by Crippen LogP contribution is -2.39. The van der Waals surface area contributed by atoms with E-state index in [4.69, 9.17) is 4.74 Å². The Balaban J connectivity index is 1.71. The number of nitrogens with one attached hydrogen (secondary N) is 1. The molecule has 2 heteroatoms. The van der Waals surface area contributed by atoms with Crippen LogP contribution in [0.1, 0.15) is 64.7 Å². The van der Waals surface area contributed by atoms with Gasteiger partial charge in [0.05, 0.1) is 6.10 Å². The van der Waals surface area contributed by atoms with E-state index in [1.165, 1.54) is 64.3 Å². The van der Waals surface area contributed by atoms with Crippen molar-refractivity contribution in [1.29, 1.82) is 0 Å². The zero-order valence-corrected chi connectivity index (χ0v) is 11.4. The zero-order chi connectivity index (χ0) is 11.9. The Kier molecular flexibility index (Phi) is 5.79. The van der Waals surface area contributed by atoms with Gasteiger partial charge >= 0.3 is 0 Å². The average molecular weight is 239 g/mol. The molecule has 1 saturated heterocycles. The molecule has 0 aromatic carbocycles. The molecule has 1 heterocycles. The van der Waals surface area contributed by atoms with Crippen molar-refractivity contribution in [2.45, 2.75) is 76.9 Å². The lowest BCUT2D eigenvalue weighted by Gasteiger charge is -2.33. The van der Waals surface area contributed by atoms with Gasteiger partial charge in [0, 0.05) is 12.6 Å². The quantitative estimate of drug-likeness (QED) is 0.766. The van der Waals surface area contributed by atoms with Crippen LogP contribution in [0.3, 0.4) is 0 Å². The topological polar surface area (TPSA) is 21.3 Å². The second-order valence-corrected chi connectivity index (χ2v) is 5.82. The highest BCUT2D eigenvalue weighted by Crippen LogP contribution is 2.30. The first-order valence-electron chi connectivity index (χ1n) is 7.75. The fraction of sp³-hybridized carbons (Fsp3) is 1.00. The first-order chi connectivity index (χ1) is 8.40. The summed E-state index contributed by atoms with van der Waals surface area (Å²) in [6, 6.07) is 0.796. The van der Waals surface area contributed by atoms with E-state index in [0.717, 1.165) is 18.6 Å². The molecule has 0 spiro atoms. The summed E-state index contributed by atoms with van der Waals surface area (Å²) in [6.07, 6.45) is 12.8. The van der Waals surface area contributed by atoms with Crippen molar-refractivity contribution < 1.29 is 4.74 Å². The molecule has 3 unspecified atom stereocenters. The predicted molar refractivity (Wildman–Crippen MR) is 72.2 cm³/mol. The molecule has 1 aliphatic carbocycles. The first-order valence-corrected chi connectivity index (χ1v) is 7.75. The van der Waals surface area contributed by atoms with Crippen molar-refractivity contribution in [3.05, 3.63) is 0 Å². The van der Waals surface area contributed by atoms with Gasteiger partial charge in [-0.3, -0.25) is 0 Å². The van der Waals surface area contributed by atoms with E-state index in [2.05, 4.69) is 12.2 Å². The number of hydrogen-bond acceptors (Lipinski definition) is 2. The number of ether oxygens (including phenoxy) is 1. The summed E-state index contributed by atoms with van der Waals surface area (Å²) in [5.74, 6) is 0.916. The Labute approximate surface area is 107 Å². The lowest BCUT2D eigenvalue weighted by molar-refractivity contribution is 0.0926. The monoisotopic (exact) mass is 239 g/mol. The van der Waals surface area contributed by atoms with Gasteiger partial charge in [0.1, 0.15) is 0 Å². The molecule has 3 atom stereocenters. The fourth-order valence-electron chi connectivity index (χ4n) is 3.42. The van der Waals surface area contributed by atoms with Crippen molar-refractivity contribution in [3.8, 4) is 0 Å². The lowest BCUT2D eigenvalue weighted by atomic mass is 9.81. The highest BCUT2D eigenvalue weighted by molar-refractivity contribution is 4.82. The zero-order valence-electron chi connectivity index (χ0n) is 11.4. The predicted octanol–water partition coefficient (Wildman–Crippen LogP) is 3.50. The van der Waals surface area contributed by atoms with Gasteiger partial charge in [0.25, 0.3) is 0 Å². The summed E-state index contributed by atoms with van der Waals surface area (Å²) in [6.45, 7) is 4.46. The Bertz CT molecular complexity index is 201. The fourth-order valence-corrected chi connectivity index (χ4v) is 3.42. The minimum atomic E-state index is 0.587. The third-order valence-electron chi connectivity index (χ3n) is 4.45. The number of rotatable bonds is 6. The minimum absolute atomic E-state index is 0.587. The minimum Gasteiger partial charge on any atom is -0.378 e. The van der Waals surface area contributed by atoms with Crippen LogP contribution in [0.2, 0.25) is 0 Å². The van der Waals surface area contributed by atoms with Gasteiger partial charge in [-0.25, -0.2) is 0 Å². The summed E-state index contributed by atoms with van der Waals surface area (Å²) >= 11 is 0. The highest BCUT2D eigenvalue weighted by atomic mass is 16.5. The smallest absolute Gasteiger partial charge is 0.0576 e. The molecule has 0 aromatic rings. The van der Waals surface area contributed by atoms with Crippen LogP contribution in [0.15, 0.2) is 0 Å². The van der Waals surface area contributed by atoms with Gasteiger partial charge in [-0.1, -0.05) is 19.8 Å². The van der Waals surface area contributed by atoms with E-state index in [-0.39, 0.29) is 0 Å². The second kappa shape index (κ2) is 7.38. The second-order valence-electron chi connectivity index (χ2n) is 5.82. The van der Waals surface area contributed by atoms with Gasteiger partial charge in [0.2, 0.25) is 0 Å². The largest absolute Gasteiger partial charge is 0.378 e. The molecule has 17 heavy (non-hydrogen) atoms. The van der Waals surface area contributed by atoms with E-state index < -0.39 is 0 Å². The van der Waals surface area contributed by atoms with E-state index in [1.54, 1.807) is 0 Å². The SMILES string of the molecule is CCCNC1CCCCC1CCC1CCCO1. The summed E-state index contributed by atoms with van der Waals surface area (Å²) in [5, 5.41) is 3.76. The maximum Gasteiger partial charge on any atom is 0.0576 e. The molecule has 0 amide bonds. The maximum absolute atomic E-state index is 5.74. The Morgan fingerprint density at radius 2 is 1.94 bits per heavy atom. The normalized spacial score (nSPS) is 34.1. The summed E-state index contributed by atoms with van der Waals surface area (Å²) in [4.78, 5) is 0. The van der Waals surface area contributed by atoms with Crippen LogP contribution >= 0.6 is 0 Å². The highest BCUT2D eigenvalue weighted by Gasteiger charge is 2.26. The van der Waals surface area contributed by atoms with Gasteiger partial charge < -0.3 is 10.1 Å². The van der Waals surface area contributed by atoms with Crippen LogP contribution in [0.5, 0.6) is 0 Å². The van der Waals surface area contributed by atoms with E-state index in [9.17, 15) is 0 Å². The molecule has 1 saturated carbocycles.